The summed E-state index contributed by atoms with van der Waals surface area (Å²) in [6.07, 6.45) is -23.0. The van der Waals surface area contributed by atoms with E-state index >= 15 is 0 Å². The van der Waals surface area contributed by atoms with E-state index in [0.29, 0.717) is 0 Å². The SMILES string of the molecule is O=C(C/C(C(=O)OCC(F)(F)F)=C(/C(=O)OCC(F)(F)F)[C](=[Pd])C(=O)OCC(F)(F)F)OCC(F)(F)F. The van der Waals surface area contributed by atoms with Crippen LogP contribution in [0.25, 0.3) is 0 Å². The second kappa shape index (κ2) is 13.2. The Balaban J connectivity index is 6.57. The molecule has 0 bridgehead atoms. The number of rotatable bonds is 10. The molecule has 0 saturated carbocycles. The van der Waals surface area contributed by atoms with Gasteiger partial charge in [-0.2, -0.15) is 0 Å². The second-order valence-corrected chi connectivity index (χ2v) is 6.94. The maximum absolute atomic E-state index is 12.4. The summed E-state index contributed by atoms with van der Waals surface area (Å²) < 4.78 is 161. The fraction of sp³-hybridized carbons (Fsp3) is 0.562. The molecule has 0 rings (SSSR count). The van der Waals surface area contributed by atoms with Crippen molar-refractivity contribution in [3.8, 4) is 0 Å². The van der Waals surface area contributed by atoms with Crippen molar-refractivity contribution in [2.45, 2.75) is 31.1 Å². The summed E-state index contributed by atoms with van der Waals surface area (Å²) >= 11 is 1.74. The molecule has 0 aromatic carbocycles. The van der Waals surface area contributed by atoms with Gasteiger partial charge in [0.1, 0.15) is 0 Å². The van der Waals surface area contributed by atoms with Crippen LogP contribution >= 0.6 is 0 Å². The van der Waals surface area contributed by atoms with Crippen LogP contribution < -0.4 is 0 Å². The second-order valence-electron chi connectivity index (χ2n) is 6.16. The fourth-order valence-corrected chi connectivity index (χ4v) is 2.22. The summed E-state index contributed by atoms with van der Waals surface area (Å²) in [4.78, 5) is 47.8. The number of halogens is 12. The molecule has 21 heteroatoms. The molecule has 216 valence electrons. The third kappa shape index (κ3) is 15.9. The van der Waals surface area contributed by atoms with Gasteiger partial charge in [0, 0.05) is 0 Å². The molecule has 8 nitrogen and oxygen atoms in total. The van der Waals surface area contributed by atoms with E-state index in [2.05, 4.69) is 18.9 Å². The zero-order valence-corrected chi connectivity index (χ0v) is 18.7. The van der Waals surface area contributed by atoms with Crippen LogP contribution in [-0.2, 0) is 56.9 Å². The molecule has 0 aliphatic carbocycles. The first kappa shape index (κ1) is 34.3. The van der Waals surface area contributed by atoms with Gasteiger partial charge in [-0.05, 0) is 0 Å². The van der Waals surface area contributed by atoms with Gasteiger partial charge in [0.2, 0.25) is 0 Å². The predicted octanol–water partition coefficient (Wildman–Crippen LogP) is 2.81. The first-order valence-electron chi connectivity index (χ1n) is 8.58. The molecule has 0 aliphatic heterocycles. The first-order valence-corrected chi connectivity index (χ1v) is 9.36. The molecule has 0 aromatic rings. The van der Waals surface area contributed by atoms with Crippen LogP contribution in [0.15, 0.2) is 11.1 Å². The van der Waals surface area contributed by atoms with Gasteiger partial charge in [0.15, 0.2) is 0 Å². The zero-order chi connectivity index (χ0) is 29.4. The number of carbonyl (C=O) groups is 4. The van der Waals surface area contributed by atoms with Gasteiger partial charge in [-0.3, -0.25) is 0 Å². The standard InChI is InChI=1S/C16H10F12O8.Pd/c17-13(18,19)3-33-9(29)1-7(11(31)35-5-15(23,24)25)8(12(32)36-6-16(26,27)28)2-10(30)34-4-14(20,21)22;/h1,3-6H2;/b8-7-;. The molecule has 0 fully saturated rings. The Morgan fingerprint density at radius 1 is 0.514 bits per heavy atom. The number of alkyl halides is 12. The third-order valence-electron chi connectivity index (χ3n) is 2.94. The Labute approximate surface area is 206 Å². The van der Waals surface area contributed by atoms with E-state index in [-0.39, 0.29) is 0 Å². The fourth-order valence-electron chi connectivity index (χ4n) is 1.71. The number of hydrogen-bond donors (Lipinski definition) is 0. The monoisotopic (exact) mass is 664 g/mol. The minimum absolute atomic E-state index is 1.66. The summed E-state index contributed by atoms with van der Waals surface area (Å²) in [5.41, 5.74) is -3.77. The van der Waals surface area contributed by atoms with Gasteiger partial charge >= 0.3 is 206 Å². The van der Waals surface area contributed by atoms with Crippen molar-refractivity contribution in [1.29, 1.82) is 0 Å². The number of ether oxygens (including phenoxy) is 4. The van der Waals surface area contributed by atoms with E-state index < -0.39 is 96.6 Å². The average molecular weight is 665 g/mol. The molecule has 0 saturated heterocycles. The Hall–Kier alpha value is -2.69. The van der Waals surface area contributed by atoms with Crippen molar-refractivity contribution in [2.24, 2.45) is 0 Å². The quantitative estimate of drug-likeness (QED) is 0.116. The van der Waals surface area contributed by atoms with E-state index in [0.717, 1.165) is 0 Å². The van der Waals surface area contributed by atoms with Crippen LogP contribution in [0.5, 0.6) is 0 Å². The number of esters is 4. The van der Waals surface area contributed by atoms with E-state index in [4.69, 9.17) is 0 Å². The van der Waals surface area contributed by atoms with Crippen molar-refractivity contribution in [1.82, 2.24) is 0 Å². The zero-order valence-electron chi connectivity index (χ0n) is 17.2. The molecule has 0 aromatic heterocycles. The summed E-state index contributed by atoms with van der Waals surface area (Å²) in [5, 5.41) is 0. The summed E-state index contributed by atoms with van der Waals surface area (Å²) in [6.45, 7) is -9.73. The minimum atomic E-state index is -5.31. The van der Waals surface area contributed by atoms with Crippen molar-refractivity contribution in [3.63, 3.8) is 0 Å². The molecule has 0 unspecified atom stereocenters. The summed E-state index contributed by atoms with van der Waals surface area (Å²) in [7, 11) is 0. The number of carbonyl (C=O) groups excluding carboxylic acids is 4. The van der Waals surface area contributed by atoms with Gasteiger partial charge in [-0.15, -0.1) is 0 Å². The third-order valence-corrected chi connectivity index (χ3v) is 3.65. The van der Waals surface area contributed by atoms with Gasteiger partial charge in [0.05, 0.1) is 0 Å². The van der Waals surface area contributed by atoms with Crippen LogP contribution in [0.1, 0.15) is 6.42 Å². The molecule has 0 heterocycles. The molecular weight excluding hydrogens is 655 g/mol. The van der Waals surface area contributed by atoms with Crippen molar-refractivity contribution in [2.75, 3.05) is 26.4 Å². The van der Waals surface area contributed by atoms with Crippen LogP contribution in [0.3, 0.4) is 0 Å². The summed E-state index contributed by atoms with van der Waals surface area (Å²) in [5.74, 6) is -9.28. The van der Waals surface area contributed by atoms with E-state index in [9.17, 15) is 71.9 Å². The molecule has 0 spiro atoms. The molecule has 0 aliphatic rings. The van der Waals surface area contributed by atoms with Crippen LogP contribution in [0.2, 0.25) is 0 Å². The average Bonchev–Trinajstić information content (AvgIpc) is 2.70. The van der Waals surface area contributed by atoms with Crippen LogP contribution in [0.4, 0.5) is 52.7 Å². The van der Waals surface area contributed by atoms with Crippen molar-refractivity contribution < 1.29 is 110 Å². The van der Waals surface area contributed by atoms with E-state index in [1.165, 1.54) is 0 Å². The molecule has 0 atom stereocenters. The van der Waals surface area contributed by atoms with Gasteiger partial charge in [-0.25, -0.2) is 0 Å². The Bertz CT molecular complexity index is 915. The van der Waals surface area contributed by atoms with Gasteiger partial charge in [-0.1, -0.05) is 0 Å². The Morgan fingerprint density at radius 2 is 0.838 bits per heavy atom. The molecule has 0 N–H and O–H groups in total. The molecule has 37 heavy (non-hydrogen) atoms. The molecular formula is C16H10F12O8Pd. The van der Waals surface area contributed by atoms with Crippen LogP contribution in [-0.4, -0.2) is 79.0 Å². The van der Waals surface area contributed by atoms with Crippen molar-refractivity contribution >= 4 is 27.9 Å². The van der Waals surface area contributed by atoms with Crippen molar-refractivity contribution in [3.05, 3.63) is 11.1 Å². The predicted molar refractivity (Wildman–Crippen MR) is 84.7 cm³/mol. The topological polar surface area (TPSA) is 105 Å². The number of hydrogen-bond acceptors (Lipinski definition) is 8. The molecule has 0 amide bonds. The van der Waals surface area contributed by atoms with E-state index in [1.807, 2.05) is 0 Å². The normalized spacial score (nSPS) is 13.4. The van der Waals surface area contributed by atoms with Gasteiger partial charge in [0.25, 0.3) is 0 Å². The summed E-state index contributed by atoms with van der Waals surface area (Å²) in [6, 6.07) is 0. The first-order chi connectivity index (χ1) is 16.4. The van der Waals surface area contributed by atoms with Gasteiger partial charge < -0.3 is 0 Å². The molecule has 0 radical (unpaired) electrons. The van der Waals surface area contributed by atoms with E-state index in [1.54, 1.807) is 18.7 Å². The van der Waals surface area contributed by atoms with Crippen LogP contribution in [0, 0.1) is 0 Å². The Morgan fingerprint density at radius 3 is 1.22 bits per heavy atom. The maximum atomic E-state index is 12.4. The Kier molecular flexibility index (Phi) is 12.3.